The highest BCUT2D eigenvalue weighted by Gasteiger charge is 2.70. The molecule has 144 valence electrons. The molecule has 2 aromatic rings. The quantitative estimate of drug-likeness (QED) is 0.787. The molecule has 3 unspecified atom stereocenters. The van der Waals surface area contributed by atoms with Crippen molar-refractivity contribution in [2.75, 3.05) is 0 Å². The molecule has 3 atom stereocenters. The van der Waals surface area contributed by atoms with Gasteiger partial charge in [-0.15, -0.1) is 0 Å². The van der Waals surface area contributed by atoms with Crippen molar-refractivity contribution < 1.29 is 9.90 Å². The molecule has 27 heavy (non-hydrogen) atoms. The maximum Gasteiger partial charge on any atom is 0.145 e. The number of ketones is 1. The van der Waals surface area contributed by atoms with Crippen LogP contribution < -0.4 is 0 Å². The molecule has 0 aromatic heterocycles. The van der Waals surface area contributed by atoms with Crippen LogP contribution in [-0.4, -0.2) is 10.9 Å². The first-order chi connectivity index (χ1) is 12.8. The number of fused-ring (bicyclic) bond motifs is 2. The van der Waals surface area contributed by atoms with E-state index in [0.717, 1.165) is 18.4 Å². The van der Waals surface area contributed by atoms with Gasteiger partial charge in [-0.3, -0.25) is 4.79 Å². The van der Waals surface area contributed by atoms with Gasteiger partial charge in [0, 0.05) is 10.8 Å². The fourth-order valence-corrected chi connectivity index (χ4v) is 5.62. The van der Waals surface area contributed by atoms with Gasteiger partial charge in [0.2, 0.25) is 0 Å². The lowest BCUT2D eigenvalue weighted by atomic mass is 9.67. The maximum absolute atomic E-state index is 13.0. The van der Waals surface area contributed by atoms with E-state index in [1.165, 1.54) is 12.0 Å². The van der Waals surface area contributed by atoms with Crippen LogP contribution in [0.25, 0.3) is 0 Å². The number of hydrogen-bond donors (Lipinski definition) is 1. The summed E-state index contributed by atoms with van der Waals surface area (Å²) >= 11 is 0. The first kappa shape index (κ1) is 19.8. The molecule has 0 saturated heterocycles. The van der Waals surface area contributed by atoms with Crippen LogP contribution in [0.4, 0.5) is 0 Å². The van der Waals surface area contributed by atoms with Gasteiger partial charge in [0.15, 0.2) is 0 Å². The summed E-state index contributed by atoms with van der Waals surface area (Å²) in [6.45, 7) is 9.16. The highest BCUT2D eigenvalue weighted by atomic mass is 16.3. The molecule has 0 amide bonds. The summed E-state index contributed by atoms with van der Waals surface area (Å²) < 4.78 is 0. The van der Waals surface area contributed by atoms with E-state index in [4.69, 9.17) is 5.11 Å². The van der Waals surface area contributed by atoms with E-state index in [2.05, 4.69) is 52.0 Å². The highest BCUT2D eigenvalue weighted by Crippen LogP contribution is 2.70. The normalized spacial score (nSPS) is 30.7. The lowest BCUT2D eigenvalue weighted by Crippen LogP contribution is -2.39. The van der Waals surface area contributed by atoms with Gasteiger partial charge in [0.25, 0.3) is 0 Å². The van der Waals surface area contributed by atoms with Crippen molar-refractivity contribution in [3.8, 4) is 0 Å². The van der Waals surface area contributed by atoms with Crippen LogP contribution in [0.5, 0.6) is 0 Å². The molecule has 2 bridgehead atoms. The van der Waals surface area contributed by atoms with Gasteiger partial charge < -0.3 is 5.11 Å². The van der Waals surface area contributed by atoms with Crippen molar-refractivity contribution in [3.63, 3.8) is 0 Å². The summed E-state index contributed by atoms with van der Waals surface area (Å²) in [7, 11) is 0. The topological polar surface area (TPSA) is 37.3 Å². The molecule has 0 radical (unpaired) electrons. The van der Waals surface area contributed by atoms with Gasteiger partial charge in [0.1, 0.15) is 5.78 Å². The fourth-order valence-electron chi connectivity index (χ4n) is 5.62. The molecule has 0 heterocycles. The molecule has 0 spiro atoms. The number of aliphatic hydroxyl groups excluding tert-OH is 1. The number of aliphatic hydroxyl groups is 1. The summed E-state index contributed by atoms with van der Waals surface area (Å²) in [6, 6.07) is 20.0. The third-order valence-corrected chi connectivity index (χ3v) is 7.45. The third kappa shape index (κ3) is 3.25. The Hall–Kier alpha value is -1.93. The zero-order valence-corrected chi connectivity index (χ0v) is 17.0. The van der Waals surface area contributed by atoms with E-state index in [1.54, 1.807) is 0 Å². The Morgan fingerprint density at radius 3 is 1.81 bits per heavy atom. The van der Waals surface area contributed by atoms with Crippen molar-refractivity contribution in [1.29, 1.82) is 0 Å². The SMILES string of the molecule is CC1(Cc2ccccc2)C(=O)C2(C)CCC1C2(C)C.OCc1ccccc1. The van der Waals surface area contributed by atoms with E-state index in [9.17, 15) is 4.79 Å². The van der Waals surface area contributed by atoms with Crippen LogP contribution >= 0.6 is 0 Å². The first-order valence-electron chi connectivity index (χ1n) is 9.99. The summed E-state index contributed by atoms with van der Waals surface area (Å²) in [4.78, 5) is 13.0. The fraction of sp³-hybridized carbons (Fsp3) is 0.480. The molecule has 2 fully saturated rings. The van der Waals surface area contributed by atoms with Gasteiger partial charge in [-0.25, -0.2) is 0 Å². The Kier molecular flexibility index (Phi) is 5.31. The minimum atomic E-state index is -0.169. The predicted molar refractivity (Wildman–Crippen MR) is 110 cm³/mol. The number of benzene rings is 2. The summed E-state index contributed by atoms with van der Waals surface area (Å²) in [5, 5.41) is 8.54. The number of Topliss-reactive ketones (excluding diaryl/α,β-unsaturated/α-hetero) is 1. The lowest BCUT2D eigenvalue weighted by molar-refractivity contribution is -0.136. The minimum Gasteiger partial charge on any atom is -0.392 e. The van der Waals surface area contributed by atoms with Crippen LogP contribution in [0.15, 0.2) is 60.7 Å². The summed E-state index contributed by atoms with van der Waals surface area (Å²) in [6.07, 6.45) is 3.18. The third-order valence-electron chi connectivity index (χ3n) is 7.45. The number of rotatable bonds is 3. The van der Waals surface area contributed by atoms with Crippen LogP contribution in [0.2, 0.25) is 0 Å². The molecule has 2 saturated carbocycles. The second-order valence-electron chi connectivity index (χ2n) is 9.20. The average Bonchev–Trinajstić information content (AvgIpc) is 2.97. The largest absolute Gasteiger partial charge is 0.392 e. The lowest BCUT2D eigenvalue weighted by Gasteiger charge is -2.35. The Balaban J connectivity index is 0.000000221. The molecule has 1 N–H and O–H groups in total. The van der Waals surface area contributed by atoms with Crippen LogP contribution in [-0.2, 0) is 17.8 Å². The van der Waals surface area contributed by atoms with E-state index < -0.39 is 0 Å². The van der Waals surface area contributed by atoms with E-state index in [-0.39, 0.29) is 22.9 Å². The van der Waals surface area contributed by atoms with Gasteiger partial charge in [0.05, 0.1) is 6.61 Å². The molecule has 2 heteroatoms. The second kappa shape index (κ2) is 7.24. The number of carbonyl (C=O) groups is 1. The zero-order chi connectivity index (χ0) is 19.7. The zero-order valence-electron chi connectivity index (χ0n) is 17.0. The highest BCUT2D eigenvalue weighted by molar-refractivity contribution is 5.95. The van der Waals surface area contributed by atoms with Crippen LogP contribution in [0.3, 0.4) is 0 Å². The molecule has 2 aromatic carbocycles. The van der Waals surface area contributed by atoms with Gasteiger partial charge >= 0.3 is 0 Å². The molecular weight excluding hydrogens is 332 g/mol. The Morgan fingerprint density at radius 1 is 0.889 bits per heavy atom. The first-order valence-corrected chi connectivity index (χ1v) is 9.99. The van der Waals surface area contributed by atoms with E-state index >= 15 is 0 Å². The molecule has 2 aliphatic carbocycles. The second-order valence-corrected chi connectivity index (χ2v) is 9.20. The smallest absolute Gasteiger partial charge is 0.145 e. The van der Waals surface area contributed by atoms with Crippen molar-refractivity contribution in [2.24, 2.45) is 22.2 Å². The van der Waals surface area contributed by atoms with Crippen LogP contribution in [0, 0.1) is 22.2 Å². The molecule has 4 rings (SSSR count). The van der Waals surface area contributed by atoms with Gasteiger partial charge in [-0.2, -0.15) is 0 Å². The van der Waals surface area contributed by atoms with E-state index in [0.29, 0.717) is 11.7 Å². The predicted octanol–water partition coefficient (Wildman–Crippen LogP) is 5.44. The summed E-state index contributed by atoms with van der Waals surface area (Å²) in [5.41, 5.74) is 2.13. The van der Waals surface area contributed by atoms with Gasteiger partial charge in [-0.05, 0) is 41.7 Å². The van der Waals surface area contributed by atoms with Crippen LogP contribution in [0.1, 0.15) is 51.7 Å². The Morgan fingerprint density at radius 2 is 1.41 bits per heavy atom. The molecule has 0 aliphatic heterocycles. The van der Waals surface area contributed by atoms with Crippen molar-refractivity contribution in [2.45, 2.75) is 53.6 Å². The summed E-state index contributed by atoms with van der Waals surface area (Å²) in [5.74, 6) is 1.03. The van der Waals surface area contributed by atoms with Crippen molar-refractivity contribution in [1.82, 2.24) is 0 Å². The molecule has 2 aliphatic rings. The van der Waals surface area contributed by atoms with Crippen molar-refractivity contribution >= 4 is 5.78 Å². The maximum atomic E-state index is 13.0. The molecular formula is C25H32O2. The monoisotopic (exact) mass is 364 g/mol. The van der Waals surface area contributed by atoms with E-state index in [1.807, 2.05) is 36.4 Å². The number of hydrogen-bond acceptors (Lipinski definition) is 2. The standard InChI is InChI=1S/C18H24O.C7H8O/c1-16(2)14-10-11-18(16,4)15(19)17(14,3)12-13-8-6-5-7-9-13;8-6-7-4-2-1-3-5-7/h5-9,14H,10-12H2,1-4H3;1-5,8H,6H2. The minimum absolute atomic E-state index is 0.110. The molecule has 2 nitrogen and oxygen atoms in total. The average molecular weight is 365 g/mol. The Labute approximate surface area is 163 Å². The van der Waals surface area contributed by atoms with Crippen molar-refractivity contribution in [3.05, 3.63) is 71.8 Å². The Bertz CT molecular complexity index is 780. The van der Waals surface area contributed by atoms with Gasteiger partial charge in [-0.1, -0.05) is 88.4 Å². The number of carbonyl (C=O) groups excluding carboxylic acids is 1.